The molecule has 0 saturated heterocycles. The molecule has 0 aromatic carbocycles. The molecule has 0 radical (unpaired) electrons. The van der Waals surface area contributed by atoms with Gasteiger partial charge < -0.3 is 4.84 Å². The highest BCUT2D eigenvalue weighted by molar-refractivity contribution is 5.74. The molecule has 2 heteroatoms. The van der Waals surface area contributed by atoms with Crippen molar-refractivity contribution >= 4 is 6.21 Å². The van der Waals surface area contributed by atoms with Gasteiger partial charge in [0.2, 0.25) is 0 Å². The number of oxime groups is 1. The lowest BCUT2D eigenvalue weighted by atomic mass is 9.98. The summed E-state index contributed by atoms with van der Waals surface area (Å²) in [7, 11) is 1.57. The summed E-state index contributed by atoms with van der Waals surface area (Å²) >= 11 is 0. The molecule has 1 aliphatic rings. The minimum atomic E-state index is 0.149. The molecule has 2 unspecified atom stereocenters. The van der Waals surface area contributed by atoms with Crippen LogP contribution < -0.4 is 0 Å². The Kier molecular flexibility index (Phi) is 2.03. The van der Waals surface area contributed by atoms with Crippen molar-refractivity contribution in [2.45, 2.75) is 20.3 Å². The molecule has 2 atom stereocenters. The summed E-state index contributed by atoms with van der Waals surface area (Å²) in [4.78, 5) is 4.64. The van der Waals surface area contributed by atoms with E-state index in [1.54, 1.807) is 7.11 Å². The molecule has 11 heavy (non-hydrogen) atoms. The van der Waals surface area contributed by atoms with E-state index in [4.69, 9.17) is 0 Å². The van der Waals surface area contributed by atoms with Gasteiger partial charge in [0.1, 0.15) is 7.11 Å². The Labute approximate surface area is 67.9 Å². The Morgan fingerprint density at radius 3 is 2.64 bits per heavy atom. The van der Waals surface area contributed by atoms with E-state index >= 15 is 0 Å². The first kappa shape index (κ1) is 8.31. The standard InChI is InChI=1S/C9H15NO/c1-7(2)9(5-8(9)3)6-10-11-4/h6,8H,1,5H2,2-4H3/b10-6-. The largest absolute Gasteiger partial charge is 0.399 e. The van der Waals surface area contributed by atoms with E-state index in [0.29, 0.717) is 5.92 Å². The van der Waals surface area contributed by atoms with Crippen LogP contribution in [-0.4, -0.2) is 13.3 Å². The Bertz CT molecular complexity index is 198. The average Bonchev–Trinajstić information content (AvgIpc) is 2.59. The fraction of sp³-hybridized carbons (Fsp3) is 0.667. The van der Waals surface area contributed by atoms with Gasteiger partial charge in [-0.3, -0.25) is 0 Å². The van der Waals surface area contributed by atoms with Crippen LogP contribution >= 0.6 is 0 Å². The fourth-order valence-electron chi connectivity index (χ4n) is 1.48. The third kappa shape index (κ3) is 1.30. The molecular weight excluding hydrogens is 138 g/mol. The van der Waals surface area contributed by atoms with Gasteiger partial charge in [0, 0.05) is 5.41 Å². The quantitative estimate of drug-likeness (QED) is 0.346. The number of nitrogens with zero attached hydrogens (tertiary/aromatic N) is 1. The van der Waals surface area contributed by atoms with Crippen molar-refractivity contribution in [2.75, 3.05) is 7.11 Å². The number of hydrogen-bond acceptors (Lipinski definition) is 2. The van der Waals surface area contributed by atoms with Gasteiger partial charge in [-0.25, -0.2) is 0 Å². The summed E-state index contributed by atoms with van der Waals surface area (Å²) in [5, 5.41) is 3.79. The predicted molar refractivity (Wildman–Crippen MR) is 46.5 cm³/mol. The summed E-state index contributed by atoms with van der Waals surface area (Å²) in [6.45, 7) is 8.20. The first-order chi connectivity index (χ1) is 5.13. The molecule has 0 amide bonds. The Hall–Kier alpha value is -0.790. The number of hydrogen-bond donors (Lipinski definition) is 0. The van der Waals surface area contributed by atoms with Gasteiger partial charge in [-0.15, -0.1) is 0 Å². The first-order valence-electron chi connectivity index (χ1n) is 3.87. The zero-order valence-electron chi connectivity index (χ0n) is 7.42. The Morgan fingerprint density at radius 2 is 2.36 bits per heavy atom. The molecule has 62 valence electrons. The lowest BCUT2D eigenvalue weighted by Crippen LogP contribution is -2.05. The van der Waals surface area contributed by atoms with Gasteiger partial charge in [0.25, 0.3) is 0 Å². The minimum absolute atomic E-state index is 0.149. The maximum absolute atomic E-state index is 4.64. The molecule has 2 nitrogen and oxygen atoms in total. The second kappa shape index (κ2) is 2.68. The van der Waals surface area contributed by atoms with Crippen LogP contribution in [-0.2, 0) is 4.84 Å². The summed E-state index contributed by atoms with van der Waals surface area (Å²) in [6, 6.07) is 0. The number of rotatable bonds is 3. The molecule has 0 spiro atoms. The van der Waals surface area contributed by atoms with Crippen molar-refractivity contribution in [3.05, 3.63) is 12.2 Å². The van der Waals surface area contributed by atoms with E-state index in [-0.39, 0.29) is 5.41 Å². The molecular formula is C9H15NO. The second-order valence-electron chi connectivity index (χ2n) is 3.34. The van der Waals surface area contributed by atoms with Crippen LogP contribution in [0.5, 0.6) is 0 Å². The highest BCUT2D eigenvalue weighted by Crippen LogP contribution is 2.55. The van der Waals surface area contributed by atoms with Gasteiger partial charge in [0.15, 0.2) is 0 Å². The molecule has 1 aliphatic carbocycles. The fourth-order valence-corrected chi connectivity index (χ4v) is 1.48. The first-order valence-corrected chi connectivity index (χ1v) is 3.87. The van der Waals surface area contributed by atoms with Crippen molar-refractivity contribution in [2.24, 2.45) is 16.5 Å². The third-order valence-electron chi connectivity index (χ3n) is 2.55. The molecule has 1 saturated carbocycles. The van der Waals surface area contributed by atoms with Crippen molar-refractivity contribution in [3.63, 3.8) is 0 Å². The Balaban J connectivity index is 2.64. The van der Waals surface area contributed by atoms with Crippen LogP contribution in [0, 0.1) is 11.3 Å². The molecule has 0 heterocycles. The monoisotopic (exact) mass is 153 g/mol. The number of allylic oxidation sites excluding steroid dienone is 1. The maximum Gasteiger partial charge on any atom is 0.106 e. The Morgan fingerprint density at radius 1 is 1.82 bits per heavy atom. The molecule has 0 aromatic heterocycles. The van der Waals surface area contributed by atoms with Crippen LogP contribution in [0.3, 0.4) is 0 Å². The topological polar surface area (TPSA) is 21.6 Å². The zero-order chi connectivity index (χ0) is 8.48. The normalized spacial score (nSPS) is 35.7. The zero-order valence-corrected chi connectivity index (χ0v) is 7.42. The molecule has 1 fully saturated rings. The minimum Gasteiger partial charge on any atom is -0.399 e. The van der Waals surface area contributed by atoms with Gasteiger partial charge in [-0.05, 0) is 19.3 Å². The molecule has 0 N–H and O–H groups in total. The van der Waals surface area contributed by atoms with Crippen LogP contribution in [0.25, 0.3) is 0 Å². The lowest BCUT2D eigenvalue weighted by Gasteiger charge is -2.08. The highest BCUT2D eigenvalue weighted by Gasteiger charge is 2.50. The summed E-state index contributed by atoms with van der Waals surface area (Å²) in [5.41, 5.74) is 1.33. The van der Waals surface area contributed by atoms with Crippen molar-refractivity contribution < 1.29 is 4.84 Å². The predicted octanol–water partition coefficient (Wildman–Crippen LogP) is 2.22. The third-order valence-corrected chi connectivity index (χ3v) is 2.55. The van der Waals surface area contributed by atoms with E-state index in [0.717, 1.165) is 6.42 Å². The van der Waals surface area contributed by atoms with E-state index in [2.05, 4.69) is 23.5 Å². The molecule has 1 rings (SSSR count). The van der Waals surface area contributed by atoms with Gasteiger partial charge >= 0.3 is 0 Å². The van der Waals surface area contributed by atoms with Gasteiger partial charge in [-0.2, -0.15) is 0 Å². The van der Waals surface area contributed by atoms with E-state index in [1.165, 1.54) is 5.57 Å². The van der Waals surface area contributed by atoms with Gasteiger partial charge in [-0.1, -0.05) is 24.2 Å². The van der Waals surface area contributed by atoms with E-state index < -0.39 is 0 Å². The second-order valence-corrected chi connectivity index (χ2v) is 3.34. The summed E-state index contributed by atoms with van der Waals surface area (Å²) < 4.78 is 0. The van der Waals surface area contributed by atoms with Gasteiger partial charge in [0.05, 0.1) is 6.21 Å². The van der Waals surface area contributed by atoms with Crippen LogP contribution in [0.2, 0.25) is 0 Å². The molecule has 0 aromatic rings. The lowest BCUT2D eigenvalue weighted by molar-refractivity contribution is 0.213. The van der Waals surface area contributed by atoms with Crippen molar-refractivity contribution in [1.82, 2.24) is 0 Å². The average molecular weight is 153 g/mol. The summed E-state index contributed by atoms with van der Waals surface area (Å²) in [6.07, 6.45) is 3.04. The van der Waals surface area contributed by atoms with E-state index in [1.807, 2.05) is 13.1 Å². The maximum atomic E-state index is 4.64. The smallest absolute Gasteiger partial charge is 0.106 e. The molecule has 0 aliphatic heterocycles. The highest BCUT2D eigenvalue weighted by atomic mass is 16.6. The van der Waals surface area contributed by atoms with Crippen LogP contribution in [0.15, 0.2) is 17.3 Å². The molecule has 0 bridgehead atoms. The van der Waals surface area contributed by atoms with Crippen LogP contribution in [0.1, 0.15) is 20.3 Å². The van der Waals surface area contributed by atoms with Crippen molar-refractivity contribution in [3.8, 4) is 0 Å². The van der Waals surface area contributed by atoms with E-state index in [9.17, 15) is 0 Å². The summed E-state index contributed by atoms with van der Waals surface area (Å²) in [5.74, 6) is 0.680. The van der Waals surface area contributed by atoms with Crippen molar-refractivity contribution in [1.29, 1.82) is 0 Å². The SMILES string of the molecule is C=C(C)C1(/C=N\OC)CC1C. The van der Waals surface area contributed by atoms with Crippen LogP contribution in [0.4, 0.5) is 0 Å².